The summed E-state index contributed by atoms with van der Waals surface area (Å²) in [5.74, 6) is 0.0561. The van der Waals surface area contributed by atoms with Crippen molar-refractivity contribution in [2.75, 3.05) is 12.4 Å². The van der Waals surface area contributed by atoms with Crippen LogP contribution in [0.4, 0.5) is 5.13 Å². The van der Waals surface area contributed by atoms with Crippen LogP contribution in [0.2, 0.25) is 0 Å². The summed E-state index contributed by atoms with van der Waals surface area (Å²) in [5.41, 5.74) is 2.80. The van der Waals surface area contributed by atoms with Crippen LogP contribution >= 0.6 is 11.3 Å². The Morgan fingerprint density at radius 3 is 2.74 bits per heavy atom. The molecule has 1 aromatic carbocycles. The number of benzene rings is 1. The van der Waals surface area contributed by atoms with Gasteiger partial charge in [-0.15, -0.1) is 5.10 Å². The number of aromatic nitrogens is 4. The molecule has 0 atom stereocenters. The van der Waals surface area contributed by atoms with E-state index in [-0.39, 0.29) is 16.3 Å². The molecule has 31 heavy (non-hydrogen) atoms. The molecule has 0 radical (unpaired) electrons. The smallest absolute Gasteiger partial charge is 0.275 e. The predicted octanol–water partition coefficient (Wildman–Crippen LogP) is 2.96. The fourth-order valence-corrected chi connectivity index (χ4v) is 3.93. The summed E-state index contributed by atoms with van der Waals surface area (Å²) in [6.07, 6.45) is 1.46. The van der Waals surface area contributed by atoms with Crippen LogP contribution in [0.5, 0.6) is 5.75 Å². The number of carbonyl (C=O) groups is 1. The van der Waals surface area contributed by atoms with E-state index >= 15 is 0 Å². The fraction of sp³-hybridized carbons (Fsp3) is 0.143. The number of nitrogens with one attached hydrogen (secondary N) is 1. The molecule has 0 saturated carbocycles. The van der Waals surface area contributed by atoms with Crippen molar-refractivity contribution in [2.45, 2.75) is 13.8 Å². The second kappa shape index (κ2) is 7.97. The van der Waals surface area contributed by atoms with Crippen LogP contribution in [-0.4, -0.2) is 32.6 Å². The monoisotopic (exact) mass is 432 g/mol. The Balaban J connectivity index is 1.78. The maximum atomic E-state index is 13.1. The lowest BCUT2D eigenvalue weighted by atomic mass is 9.97. The van der Waals surface area contributed by atoms with Crippen molar-refractivity contribution in [1.82, 2.24) is 19.6 Å². The van der Waals surface area contributed by atoms with E-state index in [0.717, 1.165) is 15.9 Å². The molecule has 0 fully saturated rings. The van der Waals surface area contributed by atoms with E-state index in [1.807, 2.05) is 0 Å². The SMILES string of the molecule is COc1ccc(C#N)cc1-c1cc(C)ncc1C(=O)Nc1nn2c(=O)cc(C)nc2s1. The molecule has 1 amide bonds. The minimum absolute atomic E-state index is 0.226. The molecule has 0 saturated heterocycles. The molecule has 0 aliphatic heterocycles. The molecule has 0 aliphatic rings. The summed E-state index contributed by atoms with van der Waals surface area (Å²) in [7, 11) is 1.52. The Kier molecular flexibility index (Phi) is 5.19. The second-order valence-electron chi connectivity index (χ2n) is 6.69. The van der Waals surface area contributed by atoms with Gasteiger partial charge in [-0.25, -0.2) is 4.98 Å². The van der Waals surface area contributed by atoms with Gasteiger partial charge in [0.05, 0.1) is 24.3 Å². The summed E-state index contributed by atoms with van der Waals surface area (Å²) >= 11 is 1.09. The van der Waals surface area contributed by atoms with Gasteiger partial charge in [0.1, 0.15) is 5.75 Å². The van der Waals surface area contributed by atoms with Gasteiger partial charge in [-0.3, -0.25) is 19.9 Å². The summed E-state index contributed by atoms with van der Waals surface area (Å²) < 4.78 is 6.58. The first kappa shape index (κ1) is 20.2. The van der Waals surface area contributed by atoms with Gasteiger partial charge >= 0.3 is 0 Å². The van der Waals surface area contributed by atoms with E-state index in [0.29, 0.717) is 38.8 Å². The third-order valence-electron chi connectivity index (χ3n) is 4.50. The molecule has 3 aromatic heterocycles. The molecule has 0 unspecified atom stereocenters. The van der Waals surface area contributed by atoms with Crippen LogP contribution in [0.1, 0.15) is 27.3 Å². The van der Waals surface area contributed by atoms with Gasteiger partial charge in [0.2, 0.25) is 10.1 Å². The Morgan fingerprint density at radius 1 is 1.19 bits per heavy atom. The average Bonchev–Trinajstić information content (AvgIpc) is 3.15. The number of nitriles is 1. The number of aryl methyl sites for hydroxylation is 2. The topological polar surface area (TPSA) is 122 Å². The summed E-state index contributed by atoms with van der Waals surface area (Å²) in [4.78, 5) is 34.1. The number of anilines is 1. The van der Waals surface area contributed by atoms with Crippen molar-refractivity contribution < 1.29 is 9.53 Å². The summed E-state index contributed by atoms with van der Waals surface area (Å²) in [5, 5.41) is 16.4. The van der Waals surface area contributed by atoms with Crippen LogP contribution in [0.15, 0.2) is 41.3 Å². The van der Waals surface area contributed by atoms with Crippen LogP contribution in [0, 0.1) is 25.2 Å². The number of hydrogen-bond acceptors (Lipinski definition) is 8. The highest BCUT2D eigenvalue weighted by atomic mass is 32.1. The van der Waals surface area contributed by atoms with Crippen LogP contribution in [0.3, 0.4) is 0 Å². The molecule has 154 valence electrons. The van der Waals surface area contributed by atoms with Gasteiger partial charge < -0.3 is 4.74 Å². The van der Waals surface area contributed by atoms with E-state index < -0.39 is 5.91 Å². The number of pyridine rings is 1. The van der Waals surface area contributed by atoms with Crippen molar-refractivity contribution in [3.63, 3.8) is 0 Å². The van der Waals surface area contributed by atoms with Crippen molar-refractivity contribution in [1.29, 1.82) is 5.26 Å². The molecule has 0 aliphatic carbocycles. The Bertz CT molecular complexity index is 1430. The van der Waals surface area contributed by atoms with Gasteiger partial charge in [0.25, 0.3) is 11.5 Å². The van der Waals surface area contributed by atoms with Crippen LogP contribution < -0.4 is 15.6 Å². The third-order valence-corrected chi connectivity index (χ3v) is 5.32. The fourth-order valence-electron chi connectivity index (χ4n) is 3.09. The number of hydrogen-bond donors (Lipinski definition) is 1. The van der Waals surface area contributed by atoms with E-state index in [1.54, 1.807) is 38.1 Å². The molecule has 9 nitrogen and oxygen atoms in total. The number of rotatable bonds is 4. The Morgan fingerprint density at radius 2 is 2.00 bits per heavy atom. The number of methoxy groups -OCH3 is 1. The standard InChI is InChI=1S/C21H16N6O3S/c1-11-6-14(15-8-13(9-22)4-5-17(15)30-3)16(10-23-11)19(29)25-20-26-27-18(28)7-12(2)24-21(27)31-20/h4-8,10H,1-3H3,(H,25,26,29). The highest BCUT2D eigenvalue weighted by Crippen LogP contribution is 2.34. The summed E-state index contributed by atoms with van der Waals surface area (Å²) in [6, 6.07) is 10.2. The second-order valence-corrected chi connectivity index (χ2v) is 7.65. The Hall–Kier alpha value is -4.10. The largest absolute Gasteiger partial charge is 0.496 e. The minimum atomic E-state index is -0.462. The molecular formula is C21H16N6O3S. The van der Waals surface area contributed by atoms with Gasteiger partial charge in [0.15, 0.2) is 0 Å². The predicted molar refractivity (Wildman–Crippen MR) is 116 cm³/mol. The maximum Gasteiger partial charge on any atom is 0.275 e. The van der Waals surface area contributed by atoms with Crippen molar-refractivity contribution in [3.05, 3.63) is 69.4 Å². The molecule has 0 bridgehead atoms. The maximum absolute atomic E-state index is 13.1. The highest BCUT2D eigenvalue weighted by Gasteiger charge is 2.19. The zero-order valence-corrected chi connectivity index (χ0v) is 17.6. The highest BCUT2D eigenvalue weighted by molar-refractivity contribution is 7.20. The van der Waals surface area contributed by atoms with Crippen molar-refractivity contribution >= 4 is 27.3 Å². The van der Waals surface area contributed by atoms with E-state index in [9.17, 15) is 14.9 Å². The van der Waals surface area contributed by atoms with E-state index in [4.69, 9.17) is 4.74 Å². The average molecular weight is 432 g/mol. The molecule has 4 rings (SSSR count). The summed E-state index contributed by atoms with van der Waals surface area (Å²) in [6.45, 7) is 3.52. The van der Waals surface area contributed by atoms with Crippen LogP contribution in [0.25, 0.3) is 16.1 Å². The molecule has 0 spiro atoms. The normalized spacial score (nSPS) is 10.6. The third kappa shape index (κ3) is 3.86. The molecule has 3 heterocycles. The van der Waals surface area contributed by atoms with E-state index in [2.05, 4.69) is 26.5 Å². The first-order valence-electron chi connectivity index (χ1n) is 9.13. The number of carbonyl (C=O) groups excluding carboxylic acids is 1. The lowest BCUT2D eigenvalue weighted by Gasteiger charge is -2.13. The zero-order chi connectivity index (χ0) is 22.1. The van der Waals surface area contributed by atoms with Gasteiger partial charge in [-0.05, 0) is 38.1 Å². The number of ether oxygens (including phenoxy) is 1. The molecule has 4 aromatic rings. The quantitative estimate of drug-likeness (QED) is 0.526. The molecule has 10 heteroatoms. The number of nitrogens with zero attached hydrogens (tertiary/aromatic N) is 5. The first-order chi connectivity index (χ1) is 14.9. The van der Waals surface area contributed by atoms with Crippen LogP contribution in [-0.2, 0) is 0 Å². The molecule has 1 N–H and O–H groups in total. The minimum Gasteiger partial charge on any atom is -0.496 e. The lowest BCUT2D eigenvalue weighted by Crippen LogP contribution is -2.16. The first-order valence-corrected chi connectivity index (χ1v) is 9.95. The number of fused-ring (bicyclic) bond motifs is 1. The molecular weight excluding hydrogens is 416 g/mol. The van der Waals surface area contributed by atoms with E-state index in [1.165, 1.54) is 19.4 Å². The van der Waals surface area contributed by atoms with Gasteiger partial charge in [-0.1, -0.05) is 11.3 Å². The van der Waals surface area contributed by atoms with Crippen molar-refractivity contribution in [3.8, 4) is 22.9 Å². The zero-order valence-electron chi connectivity index (χ0n) is 16.8. The Labute approximate surface area is 180 Å². The lowest BCUT2D eigenvalue weighted by molar-refractivity contribution is 0.102. The van der Waals surface area contributed by atoms with Gasteiger partial charge in [-0.2, -0.15) is 9.78 Å². The van der Waals surface area contributed by atoms with Crippen molar-refractivity contribution in [2.24, 2.45) is 0 Å². The van der Waals surface area contributed by atoms with Gasteiger partial charge in [0, 0.05) is 34.8 Å². The number of amides is 1.